The zero-order valence-electron chi connectivity index (χ0n) is 7.09. The summed E-state index contributed by atoms with van der Waals surface area (Å²) in [6.45, 7) is 0. The largest absolute Gasteiger partial charge is 0.389 e. The fourth-order valence-corrected chi connectivity index (χ4v) is 1.05. The second-order valence-electron chi connectivity index (χ2n) is 2.83. The number of benzene rings is 1. The van der Waals surface area contributed by atoms with E-state index in [0.29, 0.717) is 6.42 Å². The molecule has 0 aromatic heterocycles. The van der Waals surface area contributed by atoms with Crippen molar-refractivity contribution in [2.75, 3.05) is 0 Å². The van der Waals surface area contributed by atoms with E-state index in [9.17, 15) is 5.11 Å². The molecule has 0 saturated carbocycles. The van der Waals surface area contributed by atoms with Gasteiger partial charge in [-0.05, 0) is 5.56 Å². The molecular formula is C10H11NO2. The average Bonchev–Trinajstić information content (AvgIpc) is 2.18. The third-order valence-corrected chi connectivity index (χ3v) is 1.78. The summed E-state index contributed by atoms with van der Waals surface area (Å²) in [4.78, 5) is 0. The van der Waals surface area contributed by atoms with Crippen molar-refractivity contribution >= 4 is 0 Å². The maximum absolute atomic E-state index is 9.30. The molecule has 0 aliphatic rings. The maximum atomic E-state index is 9.30. The van der Waals surface area contributed by atoms with Gasteiger partial charge in [0.05, 0.1) is 12.2 Å². The molecule has 0 radical (unpaired) electrons. The smallest absolute Gasteiger partial charge is 0.166 e. The molecule has 1 aromatic carbocycles. The topological polar surface area (TPSA) is 64.2 Å². The minimum absolute atomic E-state index is 0.301. The Labute approximate surface area is 76.9 Å². The molecule has 0 bridgehead atoms. The van der Waals surface area contributed by atoms with Crippen molar-refractivity contribution in [1.82, 2.24) is 0 Å². The van der Waals surface area contributed by atoms with Gasteiger partial charge in [-0.2, -0.15) is 5.26 Å². The number of hydrogen-bond acceptors (Lipinski definition) is 3. The van der Waals surface area contributed by atoms with E-state index >= 15 is 0 Å². The predicted octanol–water partition coefficient (Wildman–Crippen LogP) is 0.474. The summed E-state index contributed by atoms with van der Waals surface area (Å²) < 4.78 is 0. The summed E-state index contributed by atoms with van der Waals surface area (Å²) >= 11 is 0. The van der Waals surface area contributed by atoms with E-state index in [2.05, 4.69) is 0 Å². The minimum atomic E-state index is -1.31. The van der Waals surface area contributed by atoms with E-state index in [0.717, 1.165) is 5.56 Å². The van der Waals surface area contributed by atoms with Crippen LogP contribution in [0.1, 0.15) is 5.56 Å². The summed E-state index contributed by atoms with van der Waals surface area (Å²) in [7, 11) is 0. The van der Waals surface area contributed by atoms with Crippen molar-refractivity contribution in [1.29, 1.82) is 5.26 Å². The van der Waals surface area contributed by atoms with Gasteiger partial charge in [0.1, 0.15) is 0 Å². The van der Waals surface area contributed by atoms with Crippen molar-refractivity contribution in [3.63, 3.8) is 0 Å². The third kappa shape index (κ3) is 2.86. The van der Waals surface area contributed by atoms with Crippen LogP contribution in [-0.4, -0.2) is 22.4 Å². The number of nitrogens with zero attached hydrogens (tertiary/aromatic N) is 1. The van der Waals surface area contributed by atoms with Crippen molar-refractivity contribution in [2.24, 2.45) is 0 Å². The Morgan fingerprint density at radius 1 is 1.23 bits per heavy atom. The molecule has 0 heterocycles. The van der Waals surface area contributed by atoms with Crippen LogP contribution >= 0.6 is 0 Å². The van der Waals surface area contributed by atoms with E-state index in [-0.39, 0.29) is 0 Å². The van der Waals surface area contributed by atoms with E-state index in [1.165, 1.54) is 0 Å². The lowest BCUT2D eigenvalue weighted by molar-refractivity contribution is 0.0537. The lowest BCUT2D eigenvalue weighted by Gasteiger charge is -2.10. The van der Waals surface area contributed by atoms with Crippen LogP contribution in [0.2, 0.25) is 0 Å². The van der Waals surface area contributed by atoms with Crippen molar-refractivity contribution in [2.45, 2.75) is 18.6 Å². The van der Waals surface area contributed by atoms with Crippen LogP contribution in [0.4, 0.5) is 0 Å². The number of aliphatic hydroxyl groups excluding tert-OH is 2. The van der Waals surface area contributed by atoms with E-state index in [1.807, 2.05) is 30.3 Å². The SMILES string of the molecule is N#CC(O)[C@@H](O)Cc1ccccc1. The molecule has 0 saturated heterocycles. The lowest BCUT2D eigenvalue weighted by atomic mass is 10.0. The van der Waals surface area contributed by atoms with Gasteiger partial charge in [0.2, 0.25) is 0 Å². The zero-order valence-corrected chi connectivity index (χ0v) is 7.09. The van der Waals surface area contributed by atoms with Crippen molar-refractivity contribution in [3.05, 3.63) is 35.9 Å². The lowest BCUT2D eigenvalue weighted by Crippen LogP contribution is -2.26. The molecule has 1 rings (SSSR count). The molecule has 1 unspecified atom stereocenters. The first-order valence-electron chi connectivity index (χ1n) is 4.03. The maximum Gasteiger partial charge on any atom is 0.166 e. The highest BCUT2D eigenvalue weighted by molar-refractivity contribution is 5.16. The second-order valence-corrected chi connectivity index (χ2v) is 2.83. The van der Waals surface area contributed by atoms with Gasteiger partial charge in [-0.3, -0.25) is 0 Å². The molecule has 0 aliphatic heterocycles. The summed E-state index contributed by atoms with van der Waals surface area (Å²) in [5, 5.41) is 26.6. The first kappa shape index (κ1) is 9.72. The van der Waals surface area contributed by atoms with Gasteiger partial charge in [-0.25, -0.2) is 0 Å². The van der Waals surface area contributed by atoms with Crippen LogP contribution in [0.25, 0.3) is 0 Å². The molecule has 1 aromatic rings. The number of hydrogen-bond donors (Lipinski definition) is 2. The number of nitriles is 1. The van der Waals surface area contributed by atoms with Gasteiger partial charge >= 0.3 is 0 Å². The Bertz CT molecular complexity index is 292. The Morgan fingerprint density at radius 3 is 2.38 bits per heavy atom. The first-order valence-corrected chi connectivity index (χ1v) is 4.03. The standard InChI is InChI=1S/C10H11NO2/c11-7-10(13)9(12)6-8-4-2-1-3-5-8/h1-5,9-10,12-13H,6H2/t9-,10?/m0/s1. The third-order valence-electron chi connectivity index (χ3n) is 1.78. The van der Waals surface area contributed by atoms with Gasteiger partial charge in [-0.1, -0.05) is 30.3 Å². The van der Waals surface area contributed by atoms with Crippen molar-refractivity contribution < 1.29 is 10.2 Å². The Kier molecular flexibility index (Phi) is 3.44. The summed E-state index contributed by atoms with van der Waals surface area (Å²) in [5.41, 5.74) is 0.907. The molecule has 68 valence electrons. The predicted molar refractivity (Wildman–Crippen MR) is 47.8 cm³/mol. The summed E-state index contributed by atoms with van der Waals surface area (Å²) in [6.07, 6.45) is -2.01. The highest BCUT2D eigenvalue weighted by Gasteiger charge is 2.14. The number of aliphatic hydroxyl groups is 2. The minimum Gasteiger partial charge on any atom is -0.389 e. The van der Waals surface area contributed by atoms with Gasteiger partial charge in [-0.15, -0.1) is 0 Å². The quantitative estimate of drug-likeness (QED) is 0.660. The van der Waals surface area contributed by atoms with Crippen LogP contribution in [-0.2, 0) is 6.42 Å². The van der Waals surface area contributed by atoms with E-state index in [1.54, 1.807) is 6.07 Å². The van der Waals surface area contributed by atoms with Crippen LogP contribution in [0.5, 0.6) is 0 Å². The average molecular weight is 177 g/mol. The molecule has 13 heavy (non-hydrogen) atoms. The zero-order chi connectivity index (χ0) is 9.68. The molecule has 0 aliphatic carbocycles. The van der Waals surface area contributed by atoms with Gasteiger partial charge in [0, 0.05) is 6.42 Å². The highest BCUT2D eigenvalue weighted by Crippen LogP contribution is 2.05. The van der Waals surface area contributed by atoms with Crippen LogP contribution in [0.3, 0.4) is 0 Å². The fraction of sp³-hybridized carbons (Fsp3) is 0.300. The fourth-order valence-electron chi connectivity index (χ4n) is 1.05. The van der Waals surface area contributed by atoms with E-state index in [4.69, 9.17) is 10.4 Å². The molecule has 2 atom stereocenters. The molecule has 0 amide bonds. The monoisotopic (exact) mass is 177 g/mol. The normalized spacial score (nSPS) is 14.5. The van der Waals surface area contributed by atoms with Crippen molar-refractivity contribution in [3.8, 4) is 6.07 Å². The Hall–Kier alpha value is -1.37. The van der Waals surface area contributed by atoms with E-state index < -0.39 is 12.2 Å². The Morgan fingerprint density at radius 2 is 1.85 bits per heavy atom. The van der Waals surface area contributed by atoms with Crippen LogP contribution in [0, 0.1) is 11.3 Å². The molecule has 3 nitrogen and oxygen atoms in total. The molecular weight excluding hydrogens is 166 g/mol. The van der Waals surface area contributed by atoms with Gasteiger partial charge < -0.3 is 10.2 Å². The Balaban J connectivity index is 2.56. The van der Waals surface area contributed by atoms with Gasteiger partial charge in [0.25, 0.3) is 0 Å². The summed E-state index contributed by atoms with van der Waals surface area (Å²) in [5.74, 6) is 0. The van der Waals surface area contributed by atoms with Crippen LogP contribution in [0.15, 0.2) is 30.3 Å². The van der Waals surface area contributed by atoms with Gasteiger partial charge in [0.15, 0.2) is 6.10 Å². The molecule has 2 N–H and O–H groups in total. The second kappa shape index (κ2) is 4.61. The molecule has 0 fully saturated rings. The van der Waals surface area contributed by atoms with Crippen LogP contribution < -0.4 is 0 Å². The number of rotatable bonds is 3. The first-order chi connectivity index (χ1) is 6.24. The molecule has 0 spiro atoms. The summed E-state index contributed by atoms with van der Waals surface area (Å²) in [6, 6.07) is 10.8. The molecule has 3 heteroatoms. The highest BCUT2D eigenvalue weighted by atomic mass is 16.3.